The molecule has 1 aromatic rings. The molecule has 1 aliphatic heterocycles. The lowest BCUT2D eigenvalue weighted by atomic mass is 10.1. The van der Waals surface area contributed by atoms with Gasteiger partial charge in [-0.25, -0.2) is 0 Å². The monoisotopic (exact) mass is 259 g/mol. The molecule has 2 aliphatic rings. The van der Waals surface area contributed by atoms with Gasteiger partial charge in [-0.3, -0.25) is 19.3 Å². The quantitative estimate of drug-likeness (QED) is 0.605. The molecule has 0 aromatic heterocycles. The molecule has 3 rings (SSSR count). The Hall–Kier alpha value is -2.17. The summed E-state index contributed by atoms with van der Waals surface area (Å²) in [6.07, 6.45) is 0.504. The third-order valence-electron chi connectivity index (χ3n) is 3.50. The summed E-state index contributed by atoms with van der Waals surface area (Å²) in [5, 5.41) is 0. The Labute approximate surface area is 110 Å². The number of esters is 1. The Kier molecular flexibility index (Phi) is 2.62. The number of carbonyl (C=O) groups is 3. The lowest BCUT2D eigenvalue weighted by molar-refractivity contribution is -0.144. The standard InChI is InChI=1S/C14H13NO4/c1-2-19-14(18)10-7-11(10)15-12(16)8-5-3-4-6-9(8)13(15)17/h3-6,10-11H,2,7H2,1H3. The van der Waals surface area contributed by atoms with Crippen LogP contribution in [-0.2, 0) is 9.53 Å². The zero-order valence-corrected chi connectivity index (χ0v) is 10.5. The molecular formula is C14H13NO4. The number of amides is 2. The number of imide groups is 1. The Morgan fingerprint density at radius 2 is 1.84 bits per heavy atom. The van der Waals surface area contributed by atoms with Gasteiger partial charge in [0.2, 0.25) is 0 Å². The summed E-state index contributed by atoms with van der Waals surface area (Å²) in [6, 6.07) is 6.38. The summed E-state index contributed by atoms with van der Waals surface area (Å²) in [7, 11) is 0. The Balaban J connectivity index is 1.81. The van der Waals surface area contributed by atoms with Gasteiger partial charge < -0.3 is 4.74 Å². The minimum absolute atomic E-state index is 0.308. The predicted octanol–water partition coefficient (Wildman–Crippen LogP) is 1.23. The van der Waals surface area contributed by atoms with Gasteiger partial charge in [0.1, 0.15) is 0 Å². The van der Waals surface area contributed by atoms with E-state index in [4.69, 9.17) is 4.74 Å². The van der Waals surface area contributed by atoms with E-state index in [1.165, 1.54) is 4.90 Å². The van der Waals surface area contributed by atoms with Crippen molar-refractivity contribution < 1.29 is 19.1 Å². The molecule has 19 heavy (non-hydrogen) atoms. The van der Waals surface area contributed by atoms with Crippen molar-refractivity contribution in [3.63, 3.8) is 0 Å². The fourth-order valence-corrected chi connectivity index (χ4v) is 2.48. The summed E-state index contributed by atoms with van der Waals surface area (Å²) in [5.41, 5.74) is 0.837. The van der Waals surface area contributed by atoms with Gasteiger partial charge in [0.05, 0.1) is 29.7 Å². The van der Waals surface area contributed by atoms with Gasteiger partial charge in [0, 0.05) is 0 Å². The van der Waals surface area contributed by atoms with Crippen LogP contribution in [0, 0.1) is 5.92 Å². The molecule has 1 fully saturated rings. The molecular weight excluding hydrogens is 246 g/mol. The first kappa shape index (κ1) is 11.9. The van der Waals surface area contributed by atoms with Crippen LogP contribution in [0.5, 0.6) is 0 Å². The van der Waals surface area contributed by atoms with Crippen molar-refractivity contribution in [3.05, 3.63) is 35.4 Å². The highest BCUT2D eigenvalue weighted by Gasteiger charge is 2.54. The molecule has 2 amide bonds. The highest BCUT2D eigenvalue weighted by atomic mass is 16.5. The molecule has 0 bridgehead atoms. The number of fused-ring (bicyclic) bond motifs is 1. The SMILES string of the molecule is CCOC(=O)C1CC1N1C(=O)c2ccccc2C1=O. The van der Waals surface area contributed by atoms with E-state index in [0.29, 0.717) is 24.2 Å². The van der Waals surface area contributed by atoms with Crippen LogP contribution < -0.4 is 0 Å². The molecule has 2 unspecified atom stereocenters. The molecule has 0 saturated heterocycles. The number of ether oxygens (including phenoxy) is 1. The summed E-state index contributed by atoms with van der Waals surface area (Å²) in [6.45, 7) is 2.04. The lowest BCUT2D eigenvalue weighted by Gasteiger charge is -2.13. The van der Waals surface area contributed by atoms with Gasteiger partial charge in [-0.05, 0) is 25.5 Å². The third kappa shape index (κ3) is 1.73. The fourth-order valence-electron chi connectivity index (χ4n) is 2.48. The number of hydrogen-bond donors (Lipinski definition) is 0. The van der Waals surface area contributed by atoms with Crippen molar-refractivity contribution >= 4 is 17.8 Å². The zero-order chi connectivity index (χ0) is 13.6. The second kappa shape index (κ2) is 4.19. The maximum Gasteiger partial charge on any atom is 0.311 e. The van der Waals surface area contributed by atoms with Gasteiger partial charge in [0.25, 0.3) is 11.8 Å². The van der Waals surface area contributed by atoms with E-state index in [1.807, 2.05) is 0 Å². The highest BCUT2D eigenvalue weighted by Crippen LogP contribution is 2.40. The second-order valence-corrected chi connectivity index (χ2v) is 4.69. The van der Waals surface area contributed by atoms with Crippen molar-refractivity contribution in [2.45, 2.75) is 19.4 Å². The maximum atomic E-state index is 12.2. The maximum absolute atomic E-state index is 12.2. The average molecular weight is 259 g/mol. The molecule has 1 saturated carbocycles. The van der Waals surface area contributed by atoms with E-state index in [-0.39, 0.29) is 29.7 Å². The van der Waals surface area contributed by atoms with E-state index in [9.17, 15) is 14.4 Å². The van der Waals surface area contributed by atoms with E-state index in [0.717, 1.165) is 0 Å². The zero-order valence-electron chi connectivity index (χ0n) is 10.5. The van der Waals surface area contributed by atoms with E-state index < -0.39 is 0 Å². The van der Waals surface area contributed by atoms with Crippen molar-refractivity contribution in [2.24, 2.45) is 5.92 Å². The van der Waals surface area contributed by atoms with E-state index in [2.05, 4.69) is 0 Å². The van der Waals surface area contributed by atoms with Crippen LogP contribution in [0.4, 0.5) is 0 Å². The first-order valence-corrected chi connectivity index (χ1v) is 6.28. The normalized spacial score (nSPS) is 24.4. The number of rotatable bonds is 3. The molecule has 1 aromatic carbocycles. The Morgan fingerprint density at radius 1 is 1.26 bits per heavy atom. The lowest BCUT2D eigenvalue weighted by Crippen LogP contribution is -2.34. The van der Waals surface area contributed by atoms with Crippen LogP contribution in [0.2, 0.25) is 0 Å². The molecule has 2 atom stereocenters. The van der Waals surface area contributed by atoms with Crippen LogP contribution >= 0.6 is 0 Å². The average Bonchev–Trinajstić information content (AvgIpc) is 3.15. The van der Waals surface area contributed by atoms with Crippen LogP contribution in [0.1, 0.15) is 34.1 Å². The minimum atomic E-state index is -0.359. The van der Waals surface area contributed by atoms with Crippen molar-refractivity contribution in [2.75, 3.05) is 6.61 Å². The second-order valence-electron chi connectivity index (χ2n) is 4.69. The van der Waals surface area contributed by atoms with Gasteiger partial charge >= 0.3 is 5.97 Å². The molecule has 0 spiro atoms. The van der Waals surface area contributed by atoms with Crippen LogP contribution in [0.25, 0.3) is 0 Å². The van der Waals surface area contributed by atoms with Crippen LogP contribution in [0.3, 0.4) is 0 Å². The number of benzene rings is 1. The van der Waals surface area contributed by atoms with Crippen molar-refractivity contribution in [1.29, 1.82) is 0 Å². The topological polar surface area (TPSA) is 63.7 Å². The van der Waals surface area contributed by atoms with Crippen LogP contribution in [0.15, 0.2) is 24.3 Å². The number of carbonyl (C=O) groups excluding carboxylic acids is 3. The van der Waals surface area contributed by atoms with Gasteiger partial charge in [-0.1, -0.05) is 12.1 Å². The molecule has 1 heterocycles. The first-order chi connectivity index (χ1) is 9.15. The summed E-state index contributed by atoms with van der Waals surface area (Å²) >= 11 is 0. The molecule has 0 N–H and O–H groups in total. The molecule has 98 valence electrons. The molecule has 1 aliphatic carbocycles. The summed E-state index contributed by atoms with van der Waals surface area (Å²) < 4.78 is 4.92. The van der Waals surface area contributed by atoms with Crippen molar-refractivity contribution in [3.8, 4) is 0 Å². The highest BCUT2D eigenvalue weighted by molar-refractivity contribution is 6.22. The Bertz CT molecular complexity index is 546. The number of hydrogen-bond acceptors (Lipinski definition) is 4. The first-order valence-electron chi connectivity index (χ1n) is 6.28. The Morgan fingerprint density at radius 3 is 2.37 bits per heavy atom. The van der Waals surface area contributed by atoms with Crippen molar-refractivity contribution in [1.82, 2.24) is 4.90 Å². The molecule has 5 heteroatoms. The summed E-state index contributed by atoms with van der Waals surface area (Å²) in [5.74, 6) is -1.30. The predicted molar refractivity (Wildman–Crippen MR) is 65.5 cm³/mol. The van der Waals surface area contributed by atoms with Gasteiger partial charge in [0.15, 0.2) is 0 Å². The van der Waals surface area contributed by atoms with Gasteiger partial charge in [-0.2, -0.15) is 0 Å². The molecule has 5 nitrogen and oxygen atoms in total. The van der Waals surface area contributed by atoms with Gasteiger partial charge in [-0.15, -0.1) is 0 Å². The van der Waals surface area contributed by atoms with Crippen LogP contribution in [-0.4, -0.2) is 35.3 Å². The third-order valence-corrected chi connectivity index (χ3v) is 3.50. The summed E-state index contributed by atoms with van der Waals surface area (Å²) in [4.78, 5) is 37.1. The largest absolute Gasteiger partial charge is 0.466 e. The minimum Gasteiger partial charge on any atom is -0.466 e. The fraction of sp³-hybridized carbons (Fsp3) is 0.357. The molecule has 0 radical (unpaired) electrons. The number of nitrogens with zero attached hydrogens (tertiary/aromatic N) is 1. The smallest absolute Gasteiger partial charge is 0.311 e. The van der Waals surface area contributed by atoms with E-state index in [1.54, 1.807) is 31.2 Å². The van der Waals surface area contributed by atoms with E-state index >= 15 is 0 Å².